The molecule has 1 aromatic rings. The summed E-state index contributed by atoms with van der Waals surface area (Å²) in [6.45, 7) is 0. The molecule has 2 N–H and O–H groups in total. The Bertz CT molecular complexity index is 743. The van der Waals surface area contributed by atoms with Gasteiger partial charge < -0.3 is 0 Å². The zero-order chi connectivity index (χ0) is 17.9. The number of carbonyl (C=O) groups is 2. The number of carbonyl (C=O) groups excluding carboxylic acids is 2. The molecule has 0 spiro atoms. The third kappa shape index (κ3) is 5.15. The molecule has 1 aromatic carbocycles. The molecule has 6 nitrogen and oxygen atoms in total. The predicted molar refractivity (Wildman–Crippen MR) is 101 cm³/mol. The van der Waals surface area contributed by atoms with E-state index in [0.29, 0.717) is 16.6 Å². The highest BCUT2D eigenvalue weighted by molar-refractivity contribution is 8.19. The van der Waals surface area contributed by atoms with E-state index in [9.17, 15) is 18.0 Å². The lowest BCUT2D eigenvalue weighted by Crippen LogP contribution is -2.42. The highest BCUT2D eigenvalue weighted by Gasteiger charge is 2.29. The quantitative estimate of drug-likeness (QED) is 0.748. The Kier molecular flexibility index (Phi) is 5.96. The van der Waals surface area contributed by atoms with Crippen LogP contribution in [0.4, 0.5) is 0 Å². The molecule has 136 valence electrons. The number of hydrazine groups is 1. The van der Waals surface area contributed by atoms with E-state index >= 15 is 0 Å². The Morgan fingerprint density at radius 2 is 1.76 bits per heavy atom. The second-order valence-corrected chi connectivity index (χ2v) is 11.1. The van der Waals surface area contributed by atoms with E-state index in [1.165, 1.54) is 5.56 Å². The van der Waals surface area contributed by atoms with Crippen LogP contribution >= 0.6 is 23.5 Å². The predicted octanol–water partition coefficient (Wildman–Crippen LogP) is 1.75. The summed E-state index contributed by atoms with van der Waals surface area (Å²) in [6, 6.07) is 7.38. The first-order valence-corrected chi connectivity index (χ1v) is 12.0. The molecule has 25 heavy (non-hydrogen) atoms. The average Bonchev–Trinajstić information content (AvgIpc) is 3.22. The van der Waals surface area contributed by atoms with Crippen LogP contribution in [0.2, 0.25) is 0 Å². The van der Waals surface area contributed by atoms with Gasteiger partial charge in [0.1, 0.15) is 0 Å². The minimum atomic E-state index is -3.00. The zero-order valence-electron chi connectivity index (χ0n) is 13.6. The van der Waals surface area contributed by atoms with E-state index < -0.39 is 9.84 Å². The molecule has 2 saturated heterocycles. The number of sulfone groups is 1. The topological polar surface area (TPSA) is 92.3 Å². The van der Waals surface area contributed by atoms with E-state index in [-0.39, 0.29) is 35.7 Å². The van der Waals surface area contributed by atoms with E-state index in [1.807, 2.05) is 35.7 Å². The van der Waals surface area contributed by atoms with Crippen LogP contribution in [0.5, 0.6) is 0 Å². The second kappa shape index (κ2) is 8.01. The Balaban J connectivity index is 1.46. The summed E-state index contributed by atoms with van der Waals surface area (Å²) in [5.74, 6) is 1.56. The van der Waals surface area contributed by atoms with Gasteiger partial charge in [-0.1, -0.05) is 12.1 Å². The van der Waals surface area contributed by atoms with Crippen molar-refractivity contribution in [2.75, 3.05) is 23.0 Å². The fourth-order valence-corrected chi connectivity index (χ4v) is 7.61. The van der Waals surface area contributed by atoms with Crippen molar-refractivity contribution in [3.05, 3.63) is 35.4 Å². The number of thioether (sulfide) groups is 2. The molecule has 0 aromatic heterocycles. The van der Waals surface area contributed by atoms with E-state index in [0.717, 1.165) is 11.5 Å². The summed E-state index contributed by atoms with van der Waals surface area (Å²) in [7, 11) is -3.00. The van der Waals surface area contributed by atoms with Gasteiger partial charge in [0.25, 0.3) is 5.91 Å². The van der Waals surface area contributed by atoms with Crippen LogP contribution in [0.25, 0.3) is 0 Å². The molecule has 2 aliphatic rings. The number of amides is 2. The van der Waals surface area contributed by atoms with Crippen LogP contribution in [0, 0.1) is 5.92 Å². The van der Waals surface area contributed by atoms with Gasteiger partial charge in [-0.15, -0.1) is 23.5 Å². The number of nitrogens with one attached hydrogen (secondary N) is 2. The fraction of sp³-hybridized carbons (Fsp3) is 0.500. The Hall–Kier alpha value is -1.19. The smallest absolute Gasteiger partial charge is 0.269 e. The highest BCUT2D eigenvalue weighted by Crippen LogP contribution is 2.45. The second-order valence-electron chi connectivity index (χ2n) is 6.17. The van der Waals surface area contributed by atoms with Crippen molar-refractivity contribution in [2.24, 2.45) is 5.92 Å². The molecule has 9 heteroatoms. The maximum absolute atomic E-state index is 12.1. The minimum absolute atomic E-state index is 0.0486. The van der Waals surface area contributed by atoms with Gasteiger partial charge in [0, 0.05) is 23.5 Å². The molecule has 2 fully saturated rings. The van der Waals surface area contributed by atoms with Crippen molar-refractivity contribution in [2.45, 2.75) is 17.4 Å². The zero-order valence-corrected chi connectivity index (χ0v) is 16.0. The van der Waals surface area contributed by atoms with Crippen LogP contribution in [0.3, 0.4) is 0 Å². The van der Waals surface area contributed by atoms with Crippen LogP contribution < -0.4 is 10.9 Å². The van der Waals surface area contributed by atoms with Crippen molar-refractivity contribution < 1.29 is 18.0 Å². The number of rotatable bonds is 4. The highest BCUT2D eigenvalue weighted by atomic mass is 32.2. The van der Waals surface area contributed by atoms with Gasteiger partial charge in [-0.2, -0.15) is 0 Å². The van der Waals surface area contributed by atoms with Crippen LogP contribution in [0.1, 0.15) is 33.3 Å². The minimum Gasteiger partial charge on any atom is -0.273 e. The summed E-state index contributed by atoms with van der Waals surface area (Å²) in [4.78, 5) is 23.9. The Morgan fingerprint density at radius 1 is 1.08 bits per heavy atom. The number of hydrogen-bond donors (Lipinski definition) is 2. The standard InChI is InChI=1S/C16H20N2O4S3/c19-14(9-11-5-8-25(21,22)10-11)17-18-15(20)12-1-3-13(4-2-12)16-23-6-7-24-16/h1-4,11,16H,5-10H2,(H,17,19)(H,18,20)/t11-/m0/s1. The summed E-state index contributed by atoms with van der Waals surface area (Å²) in [5.41, 5.74) is 6.41. The van der Waals surface area contributed by atoms with Gasteiger partial charge in [-0.3, -0.25) is 20.4 Å². The molecule has 2 heterocycles. The van der Waals surface area contributed by atoms with Gasteiger partial charge in [0.05, 0.1) is 16.1 Å². The molecule has 0 aliphatic carbocycles. The molecule has 0 saturated carbocycles. The first-order valence-electron chi connectivity index (χ1n) is 8.06. The van der Waals surface area contributed by atoms with Crippen molar-refractivity contribution in [1.29, 1.82) is 0 Å². The molecular weight excluding hydrogens is 380 g/mol. The lowest BCUT2D eigenvalue weighted by molar-refractivity contribution is -0.122. The number of benzene rings is 1. The van der Waals surface area contributed by atoms with Gasteiger partial charge >= 0.3 is 0 Å². The van der Waals surface area contributed by atoms with Gasteiger partial charge in [-0.05, 0) is 30.0 Å². The molecular formula is C16H20N2O4S3. The summed E-state index contributed by atoms with van der Waals surface area (Å²) in [5, 5.41) is 0. The maximum Gasteiger partial charge on any atom is 0.269 e. The van der Waals surface area contributed by atoms with Crippen LogP contribution in [0.15, 0.2) is 24.3 Å². The SMILES string of the molecule is O=C(C[C@@H]1CCS(=O)(=O)C1)NNC(=O)c1ccc(C2SCCS2)cc1. The Morgan fingerprint density at radius 3 is 2.36 bits per heavy atom. The summed E-state index contributed by atoms with van der Waals surface area (Å²) < 4.78 is 23.2. The van der Waals surface area contributed by atoms with Crippen LogP contribution in [-0.4, -0.2) is 43.2 Å². The van der Waals surface area contributed by atoms with Crippen molar-refractivity contribution >= 4 is 45.2 Å². The molecule has 2 amide bonds. The van der Waals surface area contributed by atoms with Gasteiger partial charge in [-0.25, -0.2) is 8.42 Å². The van der Waals surface area contributed by atoms with E-state index in [2.05, 4.69) is 10.9 Å². The molecule has 1 atom stereocenters. The molecule has 0 bridgehead atoms. The number of hydrogen-bond acceptors (Lipinski definition) is 6. The molecule has 0 radical (unpaired) electrons. The molecule has 0 unspecified atom stereocenters. The largest absolute Gasteiger partial charge is 0.273 e. The first kappa shape index (κ1) is 18.6. The maximum atomic E-state index is 12.1. The average molecular weight is 401 g/mol. The molecule has 3 rings (SSSR count). The van der Waals surface area contributed by atoms with Crippen LogP contribution in [-0.2, 0) is 14.6 Å². The lowest BCUT2D eigenvalue weighted by Gasteiger charge is -2.11. The third-order valence-electron chi connectivity index (χ3n) is 4.18. The fourth-order valence-electron chi connectivity index (χ4n) is 2.89. The Labute approximate surface area is 155 Å². The summed E-state index contributed by atoms with van der Waals surface area (Å²) >= 11 is 3.80. The van der Waals surface area contributed by atoms with E-state index in [1.54, 1.807) is 12.1 Å². The third-order valence-corrected chi connectivity index (χ3v) is 9.12. The lowest BCUT2D eigenvalue weighted by atomic mass is 10.1. The molecule has 2 aliphatic heterocycles. The van der Waals surface area contributed by atoms with Crippen molar-refractivity contribution in [3.8, 4) is 0 Å². The van der Waals surface area contributed by atoms with Gasteiger partial charge in [0.15, 0.2) is 9.84 Å². The normalized spacial score (nSPS) is 22.6. The van der Waals surface area contributed by atoms with Crippen molar-refractivity contribution in [1.82, 2.24) is 10.9 Å². The monoisotopic (exact) mass is 400 g/mol. The first-order chi connectivity index (χ1) is 11.9. The van der Waals surface area contributed by atoms with Crippen molar-refractivity contribution in [3.63, 3.8) is 0 Å². The van der Waals surface area contributed by atoms with Gasteiger partial charge in [0.2, 0.25) is 5.91 Å². The van der Waals surface area contributed by atoms with E-state index in [4.69, 9.17) is 0 Å². The summed E-state index contributed by atoms with van der Waals surface area (Å²) in [6.07, 6.45) is 0.608.